The van der Waals surface area contributed by atoms with Gasteiger partial charge in [0.15, 0.2) is 0 Å². The van der Waals surface area contributed by atoms with Gasteiger partial charge in [0.1, 0.15) is 0 Å². The second-order valence-corrected chi connectivity index (χ2v) is 11.6. The van der Waals surface area contributed by atoms with Crippen LogP contribution >= 0.6 is 68.0 Å². The Hall–Kier alpha value is -1.02. The van der Waals surface area contributed by atoms with Crippen LogP contribution < -0.4 is 0 Å². The highest BCUT2D eigenvalue weighted by molar-refractivity contribution is 7.39. The molecule has 0 N–H and O–H groups in total. The SMILES string of the molecule is C(=C\c1cc2sc3ccsc3c2s1)/c1cc2sc3ccsc3c2s1. The van der Waals surface area contributed by atoms with Crippen molar-refractivity contribution in [1.82, 2.24) is 0 Å². The van der Waals surface area contributed by atoms with Gasteiger partial charge in [0.2, 0.25) is 0 Å². The van der Waals surface area contributed by atoms with Gasteiger partial charge in [-0.15, -0.1) is 68.0 Å². The van der Waals surface area contributed by atoms with Gasteiger partial charge in [-0.2, -0.15) is 0 Å². The van der Waals surface area contributed by atoms with E-state index in [1.807, 2.05) is 68.0 Å². The molecule has 0 spiro atoms. The fourth-order valence-corrected chi connectivity index (χ4v) is 10.3. The first kappa shape index (κ1) is 14.2. The van der Waals surface area contributed by atoms with Crippen LogP contribution in [0.4, 0.5) is 0 Å². The van der Waals surface area contributed by atoms with Gasteiger partial charge in [0, 0.05) is 28.6 Å². The average molecular weight is 417 g/mol. The molecule has 0 fully saturated rings. The van der Waals surface area contributed by atoms with E-state index in [4.69, 9.17) is 0 Å². The zero-order chi connectivity index (χ0) is 15.7. The molecule has 0 aromatic carbocycles. The van der Waals surface area contributed by atoms with E-state index in [-0.39, 0.29) is 0 Å². The van der Waals surface area contributed by atoms with Crippen LogP contribution in [-0.4, -0.2) is 0 Å². The molecule has 0 unspecified atom stereocenters. The molecule has 0 amide bonds. The molecule has 6 heteroatoms. The molecule has 24 heavy (non-hydrogen) atoms. The Morgan fingerprint density at radius 1 is 0.542 bits per heavy atom. The number of fused-ring (bicyclic) bond motifs is 6. The van der Waals surface area contributed by atoms with Gasteiger partial charge >= 0.3 is 0 Å². The highest BCUT2D eigenvalue weighted by atomic mass is 32.1. The molecule has 0 nitrogen and oxygen atoms in total. The highest BCUT2D eigenvalue weighted by Crippen LogP contribution is 2.44. The molecule has 0 bridgehead atoms. The van der Waals surface area contributed by atoms with Crippen molar-refractivity contribution in [3.8, 4) is 0 Å². The lowest BCUT2D eigenvalue weighted by Gasteiger charge is -1.84. The van der Waals surface area contributed by atoms with Crippen molar-refractivity contribution in [2.75, 3.05) is 0 Å². The average Bonchev–Trinajstić information content (AvgIpc) is 3.32. The van der Waals surface area contributed by atoms with Crippen molar-refractivity contribution in [2.24, 2.45) is 0 Å². The van der Waals surface area contributed by atoms with E-state index in [1.54, 1.807) is 0 Å². The molecule has 6 aromatic rings. The van der Waals surface area contributed by atoms with Crippen molar-refractivity contribution in [3.63, 3.8) is 0 Å². The highest BCUT2D eigenvalue weighted by Gasteiger charge is 2.11. The Balaban J connectivity index is 1.41. The van der Waals surface area contributed by atoms with E-state index >= 15 is 0 Å². The summed E-state index contributed by atoms with van der Waals surface area (Å²) in [5.74, 6) is 0. The Kier molecular flexibility index (Phi) is 3.09. The maximum atomic E-state index is 2.33. The van der Waals surface area contributed by atoms with Crippen LogP contribution in [0, 0.1) is 0 Å². The monoisotopic (exact) mass is 416 g/mol. The lowest BCUT2D eigenvalue weighted by molar-refractivity contribution is 2.05. The minimum atomic E-state index is 1.35. The van der Waals surface area contributed by atoms with Crippen LogP contribution in [0.5, 0.6) is 0 Å². The van der Waals surface area contributed by atoms with E-state index < -0.39 is 0 Å². The van der Waals surface area contributed by atoms with Crippen molar-refractivity contribution in [1.29, 1.82) is 0 Å². The van der Waals surface area contributed by atoms with Crippen LogP contribution in [0.15, 0.2) is 35.0 Å². The molecule has 0 aliphatic rings. The molecule has 0 aliphatic carbocycles. The maximum Gasteiger partial charge on any atom is 0.0635 e. The van der Waals surface area contributed by atoms with Crippen LogP contribution in [0.2, 0.25) is 0 Å². The third-order valence-electron chi connectivity index (χ3n) is 3.96. The van der Waals surface area contributed by atoms with E-state index in [1.165, 1.54) is 47.4 Å². The summed E-state index contributed by atoms with van der Waals surface area (Å²) in [6.45, 7) is 0. The summed E-state index contributed by atoms with van der Waals surface area (Å²) in [6.07, 6.45) is 4.55. The minimum absolute atomic E-state index is 1.35. The summed E-state index contributed by atoms with van der Waals surface area (Å²) in [5, 5.41) is 4.39. The molecular weight excluding hydrogens is 409 g/mol. The molecule has 0 saturated carbocycles. The van der Waals surface area contributed by atoms with E-state index in [0.29, 0.717) is 0 Å². The first-order valence-electron chi connectivity index (χ1n) is 7.32. The predicted octanol–water partition coefficient (Wildman–Crippen LogP) is 8.84. The molecule has 6 aromatic heterocycles. The molecule has 0 aliphatic heterocycles. The maximum absolute atomic E-state index is 2.33. The largest absolute Gasteiger partial charge is 0.141 e. The Bertz CT molecular complexity index is 1250. The van der Waals surface area contributed by atoms with Gasteiger partial charge in [-0.25, -0.2) is 0 Å². The van der Waals surface area contributed by atoms with Crippen LogP contribution in [0.1, 0.15) is 9.75 Å². The van der Waals surface area contributed by atoms with Crippen molar-refractivity contribution in [2.45, 2.75) is 0 Å². The number of hydrogen-bond acceptors (Lipinski definition) is 6. The molecule has 0 atom stereocenters. The molecule has 6 heterocycles. The summed E-state index contributed by atoms with van der Waals surface area (Å²) >= 11 is 11.4. The summed E-state index contributed by atoms with van der Waals surface area (Å²) in [6, 6.07) is 9.13. The third-order valence-corrected chi connectivity index (χ3v) is 11.0. The van der Waals surface area contributed by atoms with Crippen molar-refractivity contribution in [3.05, 3.63) is 44.8 Å². The number of hydrogen-bond donors (Lipinski definition) is 0. The summed E-state index contributed by atoms with van der Waals surface area (Å²) in [7, 11) is 0. The fraction of sp³-hybridized carbons (Fsp3) is 0. The lowest BCUT2D eigenvalue weighted by atomic mass is 10.3. The number of thiophene rings is 6. The first-order chi connectivity index (χ1) is 11.8. The van der Waals surface area contributed by atoms with Gasteiger partial charge in [0.25, 0.3) is 0 Å². The lowest BCUT2D eigenvalue weighted by Crippen LogP contribution is -1.58. The Morgan fingerprint density at radius 3 is 1.54 bits per heavy atom. The summed E-state index contributed by atoms with van der Waals surface area (Å²) in [5.41, 5.74) is 0. The smallest absolute Gasteiger partial charge is 0.0635 e. The Morgan fingerprint density at radius 2 is 1.04 bits per heavy atom. The van der Waals surface area contributed by atoms with Gasteiger partial charge < -0.3 is 0 Å². The van der Waals surface area contributed by atoms with Crippen LogP contribution in [0.3, 0.4) is 0 Å². The second-order valence-electron chi connectivity index (χ2n) is 5.45. The molecule has 0 saturated heterocycles. The second kappa shape index (κ2) is 5.24. The Labute approximate surface area is 161 Å². The molecule has 6 rings (SSSR count). The van der Waals surface area contributed by atoms with E-state index in [9.17, 15) is 0 Å². The molecule has 116 valence electrons. The molecule has 0 radical (unpaired) electrons. The van der Waals surface area contributed by atoms with E-state index in [2.05, 4.69) is 47.2 Å². The predicted molar refractivity (Wildman–Crippen MR) is 119 cm³/mol. The normalized spacial score (nSPS) is 12.8. The summed E-state index contributed by atoms with van der Waals surface area (Å²) < 4.78 is 11.5. The summed E-state index contributed by atoms with van der Waals surface area (Å²) in [4.78, 5) is 2.70. The third kappa shape index (κ3) is 2.05. The van der Waals surface area contributed by atoms with Gasteiger partial charge in [-0.05, 0) is 47.2 Å². The fourth-order valence-electron chi connectivity index (χ4n) is 2.91. The minimum Gasteiger partial charge on any atom is -0.141 e. The first-order valence-corrected chi connectivity index (χ1v) is 12.3. The van der Waals surface area contributed by atoms with Crippen LogP contribution in [0.25, 0.3) is 49.8 Å². The zero-order valence-electron chi connectivity index (χ0n) is 12.1. The van der Waals surface area contributed by atoms with Gasteiger partial charge in [0.05, 0.1) is 18.8 Å². The van der Waals surface area contributed by atoms with Crippen LogP contribution in [-0.2, 0) is 0 Å². The standard InChI is InChI=1S/C18H8S6/c1(9-7-13-17(21-9)15-11(23-13)3-5-19-15)2-10-8-14-18(22-10)16-12(24-14)4-6-20-16/h1-8H/b2-1+. The zero-order valence-corrected chi connectivity index (χ0v) is 17.0. The van der Waals surface area contributed by atoms with Crippen molar-refractivity contribution >= 4 is 118 Å². The van der Waals surface area contributed by atoms with Gasteiger partial charge in [-0.1, -0.05) is 0 Å². The topological polar surface area (TPSA) is 0 Å². The molecular formula is C18H8S6. The number of rotatable bonds is 2. The van der Waals surface area contributed by atoms with Gasteiger partial charge in [-0.3, -0.25) is 0 Å². The quantitative estimate of drug-likeness (QED) is 0.264. The van der Waals surface area contributed by atoms with E-state index in [0.717, 1.165) is 0 Å². The van der Waals surface area contributed by atoms with Crippen molar-refractivity contribution < 1.29 is 0 Å².